The molecule has 0 fully saturated rings. The lowest BCUT2D eigenvalue weighted by atomic mass is 10.0. The van der Waals surface area contributed by atoms with Crippen LogP contribution in [-0.4, -0.2) is 20.1 Å². The zero-order chi connectivity index (χ0) is 23.0. The number of nitrogens with zero attached hydrogens (tertiary/aromatic N) is 1. The minimum atomic E-state index is -0.654. The SMILES string of the molecule is Cc1cc2oc(-c3ccccc3Cl)c(OC(=O)c3ccc(N(C)C)cc3)c(=O)c2cc1C. The Kier molecular flexibility index (Phi) is 5.76. The molecule has 0 amide bonds. The Morgan fingerprint density at radius 3 is 2.28 bits per heavy atom. The van der Waals surface area contributed by atoms with Gasteiger partial charge < -0.3 is 14.1 Å². The minimum Gasteiger partial charge on any atom is -0.452 e. The predicted octanol–water partition coefficient (Wildman–Crippen LogP) is 6.02. The highest BCUT2D eigenvalue weighted by molar-refractivity contribution is 6.33. The van der Waals surface area contributed by atoms with Gasteiger partial charge in [0.15, 0.2) is 5.76 Å². The molecule has 0 atom stereocenters. The Hall–Kier alpha value is -3.57. The Balaban J connectivity index is 1.88. The molecule has 1 heterocycles. The molecule has 0 N–H and O–H groups in total. The number of fused-ring (bicyclic) bond motifs is 1. The number of aryl methyl sites for hydroxylation is 2. The highest BCUT2D eigenvalue weighted by atomic mass is 35.5. The molecule has 5 nitrogen and oxygen atoms in total. The van der Waals surface area contributed by atoms with Gasteiger partial charge in [-0.3, -0.25) is 4.79 Å². The van der Waals surface area contributed by atoms with Gasteiger partial charge in [0.1, 0.15) is 5.58 Å². The van der Waals surface area contributed by atoms with Gasteiger partial charge in [0.2, 0.25) is 11.2 Å². The van der Waals surface area contributed by atoms with Crippen LogP contribution in [0, 0.1) is 13.8 Å². The largest absolute Gasteiger partial charge is 0.452 e. The molecule has 0 aliphatic heterocycles. The Labute approximate surface area is 190 Å². The second-order valence-electron chi connectivity index (χ2n) is 7.83. The lowest BCUT2D eigenvalue weighted by Gasteiger charge is -2.14. The van der Waals surface area contributed by atoms with E-state index in [9.17, 15) is 9.59 Å². The molecule has 0 saturated heterocycles. The van der Waals surface area contributed by atoms with E-state index in [1.165, 1.54) is 0 Å². The topological polar surface area (TPSA) is 59.8 Å². The number of esters is 1. The summed E-state index contributed by atoms with van der Waals surface area (Å²) in [6, 6.07) is 17.4. The van der Waals surface area contributed by atoms with E-state index >= 15 is 0 Å². The van der Waals surface area contributed by atoms with Crippen LogP contribution in [0.5, 0.6) is 5.75 Å². The number of benzene rings is 3. The van der Waals surface area contributed by atoms with Gasteiger partial charge >= 0.3 is 5.97 Å². The first-order chi connectivity index (χ1) is 15.3. The van der Waals surface area contributed by atoms with E-state index in [-0.39, 0.29) is 11.5 Å². The quantitative estimate of drug-likeness (QED) is 0.358. The second kappa shape index (κ2) is 8.52. The molecular weight excluding hydrogens is 426 g/mol. The Morgan fingerprint density at radius 1 is 0.969 bits per heavy atom. The van der Waals surface area contributed by atoms with E-state index in [0.717, 1.165) is 16.8 Å². The van der Waals surface area contributed by atoms with Crippen LogP contribution in [0.3, 0.4) is 0 Å². The molecule has 3 aromatic carbocycles. The number of halogens is 1. The van der Waals surface area contributed by atoms with Crippen LogP contribution < -0.4 is 15.1 Å². The summed E-state index contributed by atoms with van der Waals surface area (Å²) < 4.78 is 11.7. The summed E-state index contributed by atoms with van der Waals surface area (Å²) in [7, 11) is 3.82. The summed E-state index contributed by atoms with van der Waals surface area (Å²) in [6.45, 7) is 3.85. The molecule has 0 aliphatic rings. The molecule has 32 heavy (non-hydrogen) atoms. The zero-order valence-electron chi connectivity index (χ0n) is 18.2. The molecule has 4 aromatic rings. The van der Waals surface area contributed by atoms with Gasteiger partial charge in [-0.05, 0) is 73.5 Å². The first kappa shape index (κ1) is 21.7. The van der Waals surface area contributed by atoms with Gasteiger partial charge in [0.25, 0.3) is 0 Å². The molecule has 0 radical (unpaired) electrons. The third-order valence-electron chi connectivity index (χ3n) is 5.40. The smallest absolute Gasteiger partial charge is 0.343 e. The number of hydrogen-bond acceptors (Lipinski definition) is 5. The van der Waals surface area contributed by atoms with Crippen molar-refractivity contribution >= 4 is 34.2 Å². The van der Waals surface area contributed by atoms with E-state index in [4.69, 9.17) is 20.8 Å². The molecule has 4 rings (SSSR count). The molecular formula is C26H22ClNO4. The van der Waals surface area contributed by atoms with Crippen LogP contribution in [0.15, 0.2) is 69.9 Å². The maximum atomic E-state index is 13.4. The van der Waals surface area contributed by atoms with E-state index in [0.29, 0.717) is 27.1 Å². The van der Waals surface area contributed by atoms with E-state index < -0.39 is 11.4 Å². The lowest BCUT2D eigenvalue weighted by molar-refractivity contribution is 0.0731. The van der Waals surface area contributed by atoms with Crippen LogP contribution in [-0.2, 0) is 0 Å². The normalized spacial score (nSPS) is 10.9. The van der Waals surface area contributed by atoms with Crippen molar-refractivity contribution in [3.63, 3.8) is 0 Å². The third-order valence-corrected chi connectivity index (χ3v) is 5.73. The number of rotatable bonds is 4. The van der Waals surface area contributed by atoms with Gasteiger partial charge in [-0.15, -0.1) is 0 Å². The first-order valence-corrected chi connectivity index (χ1v) is 10.5. The Morgan fingerprint density at radius 2 is 1.62 bits per heavy atom. The fourth-order valence-corrected chi connectivity index (χ4v) is 3.62. The van der Waals surface area contributed by atoms with E-state index in [2.05, 4.69) is 0 Å². The predicted molar refractivity (Wildman–Crippen MR) is 128 cm³/mol. The first-order valence-electron chi connectivity index (χ1n) is 10.1. The summed E-state index contributed by atoms with van der Waals surface area (Å²) in [5.74, 6) is -0.718. The van der Waals surface area contributed by atoms with Crippen LogP contribution in [0.2, 0.25) is 5.02 Å². The molecule has 0 spiro atoms. The monoisotopic (exact) mass is 447 g/mol. The van der Waals surface area contributed by atoms with Gasteiger partial charge in [-0.1, -0.05) is 23.7 Å². The summed E-state index contributed by atoms with van der Waals surface area (Å²) in [5.41, 5.74) is 3.63. The zero-order valence-corrected chi connectivity index (χ0v) is 19.0. The van der Waals surface area contributed by atoms with Crippen molar-refractivity contribution in [3.05, 3.63) is 92.6 Å². The number of hydrogen-bond donors (Lipinski definition) is 0. The molecule has 162 valence electrons. The van der Waals surface area contributed by atoms with E-state index in [1.54, 1.807) is 60.7 Å². The van der Waals surface area contributed by atoms with Gasteiger partial charge in [-0.2, -0.15) is 0 Å². The van der Waals surface area contributed by atoms with Gasteiger partial charge in [0, 0.05) is 25.3 Å². The molecule has 1 aromatic heterocycles. The summed E-state index contributed by atoms with van der Waals surface area (Å²) in [5, 5.41) is 0.723. The van der Waals surface area contributed by atoms with Crippen molar-refractivity contribution < 1.29 is 13.9 Å². The highest BCUT2D eigenvalue weighted by Gasteiger charge is 2.23. The van der Waals surface area contributed by atoms with Crippen molar-refractivity contribution in [3.8, 4) is 17.1 Å². The molecule has 0 unspecified atom stereocenters. The second-order valence-corrected chi connectivity index (χ2v) is 8.24. The molecule has 0 saturated carbocycles. The van der Waals surface area contributed by atoms with Crippen LogP contribution in [0.25, 0.3) is 22.3 Å². The summed E-state index contributed by atoms with van der Waals surface area (Å²) in [6.07, 6.45) is 0. The van der Waals surface area contributed by atoms with Crippen molar-refractivity contribution in [2.24, 2.45) is 0 Å². The van der Waals surface area contributed by atoms with E-state index in [1.807, 2.05) is 32.8 Å². The molecule has 0 aliphatic carbocycles. The summed E-state index contributed by atoms with van der Waals surface area (Å²) >= 11 is 6.38. The minimum absolute atomic E-state index is 0.120. The van der Waals surface area contributed by atoms with Gasteiger partial charge in [0.05, 0.1) is 16.0 Å². The fourth-order valence-electron chi connectivity index (χ4n) is 3.40. The number of ether oxygens (including phenoxy) is 1. The van der Waals surface area contributed by atoms with Crippen molar-refractivity contribution in [1.82, 2.24) is 0 Å². The van der Waals surface area contributed by atoms with Crippen LogP contribution >= 0.6 is 11.6 Å². The fraction of sp³-hybridized carbons (Fsp3) is 0.154. The van der Waals surface area contributed by atoms with Crippen molar-refractivity contribution in [2.45, 2.75) is 13.8 Å². The number of carbonyl (C=O) groups excluding carboxylic acids is 1. The summed E-state index contributed by atoms with van der Waals surface area (Å²) in [4.78, 5) is 28.3. The Bertz CT molecular complexity index is 1390. The molecule has 6 heteroatoms. The van der Waals surface area contributed by atoms with Crippen LogP contribution in [0.1, 0.15) is 21.5 Å². The van der Waals surface area contributed by atoms with Gasteiger partial charge in [-0.25, -0.2) is 4.79 Å². The maximum absolute atomic E-state index is 13.4. The third kappa shape index (κ3) is 3.99. The standard InChI is InChI=1S/C26H22ClNO4/c1-15-13-20-22(14-16(15)2)31-24(19-7-5-6-8-21(19)27)25(23(20)29)32-26(30)17-9-11-18(12-10-17)28(3)4/h5-14H,1-4H3. The van der Waals surface area contributed by atoms with Crippen molar-refractivity contribution in [1.29, 1.82) is 0 Å². The highest BCUT2D eigenvalue weighted by Crippen LogP contribution is 2.36. The average Bonchev–Trinajstić information content (AvgIpc) is 2.77. The average molecular weight is 448 g/mol. The number of anilines is 1. The lowest BCUT2D eigenvalue weighted by Crippen LogP contribution is -2.17. The van der Waals surface area contributed by atoms with Crippen LogP contribution in [0.4, 0.5) is 5.69 Å². The molecule has 0 bridgehead atoms. The van der Waals surface area contributed by atoms with Crippen molar-refractivity contribution in [2.75, 3.05) is 19.0 Å². The number of carbonyl (C=O) groups is 1. The maximum Gasteiger partial charge on any atom is 0.343 e.